The summed E-state index contributed by atoms with van der Waals surface area (Å²) in [6.07, 6.45) is 5.03. The van der Waals surface area contributed by atoms with E-state index in [0.717, 1.165) is 29.8 Å². The molecule has 0 aromatic carbocycles. The molecule has 21 heavy (non-hydrogen) atoms. The SMILES string of the molecule is CCCCN(CC(N)=O)C(=O)/C=C\c1c(C)nn(C)c1C. The molecule has 0 unspecified atom stereocenters. The average molecular weight is 292 g/mol. The molecule has 2 amide bonds. The Kier molecular flexibility index (Phi) is 6.14. The number of nitrogens with zero attached hydrogens (tertiary/aromatic N) is 3. The molecule has 6 nitrogen and oxygen atoms in total. The highest BCUT2D eigenvalue weighted by molar-refractivity contribution is 5.94. The van der Waals surface area contributed by atoms with E-state index in [1.165, 1.54) is 11.0 Å². The van der Waals surface area contributed by atoms with Crippen LogP contribution in [0.4, 0.5) is 0 Å². The molecule has 0 atom stereocenters. The summed E-state index contributed by atoms with van der Waals surface area (Å²) in [6.45, 7) is 6.37. The van der Waals surface area contributed by atoms with E-state index < -0.39 is 5.91 Å². The predicted molar refractivity (Wildman–Crippen MR) is 82.4 cm³/mol. The molecule has 0 bridgehead atoms. The fourth-order valence-corrected chi connectivity index (χ4v) is 2.10. The van der Waals surface area contributed by atoms with E-state index in [2.05, 4.69) is 5.10 Å². The Hall–Kier alpha value is -2.11. The summed E-state index contributed by atoms with van der Waals surface area (Å²) in [6, 6.07) is 0. The van der Waals surface area contributed by atoms with Crippen molar-refractivity contribution in [3.8, 4) is 0 Å². The molecule has 0 saturated heterocycles. The van der Waals surface area contributed by atoms with Crippen molar-refractivity contribution in [1.29, 1.82) is 0 Å². The van der Waals surface area contributed by atoms with Crippen LogP contribution >= 0.6 is 0 Å². The molecule has 1 rings (SSSR count). The zero-order chi connectivity index (χ0) is 16.0. The molecule has 1 heterocycles. The van der Waals surface area contributed by atoms with Crippen LogP contribution in [0.2, 0.25) is 0 Å². The van der Waals surface area contributed by atoms with E-state index in [9.17, 15) is 9.59 Å². The third-order valence-electron chi connectivity index (χ3n) is 3.40. The number of amides is 2. The van der Waals surface area contributed by atoms with Crippen molar-refractivity contribution < 1.29 is 9.59 Å². The molecular formula is C15H24N4O2. The molecule has 0 aliphatic heterocycles. The highest BCUT2D eigenvalue weighted by atomic mass is 16.2. The van der Waals surface area contributed by atoms with Gasteiger partial charge in [-0.1, -0.05) is 13.3 Å². The molecule has 6 heteroatoms. The quantitative estimate of drug-likeness (QED) is 0.766. The van der Waals surface area contributed by atoms with Crippen molar-refractivity contribution in [3.63, 3.8) is 0 Å². The monoisotopic (exact) mass is 292 g/mol. The number of unbranched alkanes of at least 4 members (excludes halogenated alkanes) is 1. The van der Waals surface area contributed by atoms with Gasteiger partial charge in [-0.2, -0.15) is 5.10 Å². The zero-order valence-electron chi connectivity index (χ0n) is 13.2. The molecule has 0 radical (unpaired) electrons. The molecule has 116 valence electrons. The fraction of sp³-hybridized carbons (Fsp3) is 0.533. The normalized spacial score (nSPS) is 11.0. The highest BCUT2D eigenvalue weighted by Crippen LogP contribution is 2.13. The predicted octanol–water partition coefficient (Wildman–Crippen LogP) is 1.16. The van der Waals surface area contributed by atoms with E-state index in [1.807, 2.05) is 27.8 Å². The Labute approximate surface area is 125 Å². The number of aryl methyl sites for hydroxylation is 2. The number of hydrogen-bond donors (Lipinski definition) is 1. The molecule has 0 spiro atoms. The smallest absolute Gasteiger partial charge is 0.247 e. The van der Waals surface area contributed by atoms with Gasteiger partial charge in [0.05, 0.1) is 12.2 Å². The lowest BCUT2D eigenvalue weighted by Gasteiger charge is -2.19. The second-order valence-corrected chi connectivity index (χ2v) is 5.12. The molecule has 2 N–H and O–H groups in total. The van der Waals surface area contributed by atoms with Gasteiger partial charge in [-0.25, -0.2) is 0 Å². The van der Waals surface area contributed by atoms with Crippen molar-refractivity contribution in [2.75, 3.05) is 13.1 Å². The standard InChI is InChI=1S/C15H24N4O2/c1-5-6-9-19(10-14(16)20)15(21)8-7-13-11(2)17-18(4)12(13)3/h7-8H,5-6,9-10H2,1-4H3,(H2,16,20)/b8-7-. The zero-order valence-corrected chi connectivity index (χ0v) is 13.2. The maximum absolute atomic E-state index is 12.2. The summed E-state index contributed by atoms with van der Waals surface area (Å²) in [5, 5.41) is 4.30. The van der Waals surface area contributed by atoms with Gasteiger partial charge in [0.25, 0.3) is 0 Å². The highest BCUT2D eigenvalue weighted by Gasteiger charge is 2.13. The lowest BCUT2D eigenvalue weighted by molar-refractivity contribution is -0.131. The maximum Gasteiger partial charge on any atom is 0.247 e. The van der Waals surface area contributed by atoms with E-state index in [1.54, 1.807) is 10.8 Å². The van der Waals surface area contributed by atoms with E-state index in [0.29, 0.717) is 6.54 Å². The first-order valence-electron chi connectivity index (χ1n) is 7.12. The number of nitrogens with two attached hydrogens (primary N) is 1. The van der Waals surface area contributed by atoms with Gasteiger partial charge in [0.15, 0.2) is 0 Å². The maximum atomic E-state index is 12.2. The number of carbonyl (C=O) groups is 2. The van der Waals surface area contributed by atoms with E-state index in [4.69, 9.17) is 5.73 Å². The minimum absolute atomic E-state index is 0.0474. The minimum atomic E-state index is -0.499. The number of primary amides is 1. The van der Waals surface area contributed by atoms with Crippen LogP contribution in [-0.4, -0.2) is 39.6 Å². The summed E-state index contributed by atoms with van der Waals surface area (Å²) >= 11 is 0. The molecule has 0 saturated carbocycles. The van der Waals surface area contributed by atoms with Crippen LogP contribution in [0.15, 0.2) is 6.08 Å². The van der Waals surface area contributed by atoms with Crippen LogP contribution in [0.1, 0.15) is 36.7 Å². The van der Waals surface area contributed by atoms with Crippen molar-refractivity contribution in [2.24, 2.45) is 12.8 Å². The number of rotatable bonds is 7. The van der Waals surface area contributed by atoms with Gasteiger partial charge in [0.2, 0.25) is 11.8 Å². The fourth-order valence-electron chi connectivity index (χ4n) is 2.10. The van der Waals surface area contributed by atoms with Crippen LogP contribution < -0.4 is 5.73 Å². The van der Waals surface area contributed by atoms with Gasteiger partial charge in [-0.15, -0.1) is 0 Å². The van der Waals surface area contributed by atoms with Gasteiger partial charge in [0, 0.05) is 30.9 Å². The van der Waals surface area contributed by atoms with Crippen molar-refractivity contribution >= 4 is 17.9 Å². The van der Waals surface area contributed by atoms with Crippen LogP contribution in [0, 0.1) is 13.8 Å². The van der Waals surface area contributed by atoms with Gasteiger partial charge in [-0.05, 0) is 26.3 Å². The van der Waals surface area contributed by atoms with Crippen molar-refractivity contribution in [2.45, 2.75) is 33.6 Å². The van der Waals surface area contributed by atoms with Crippen molar-refractivity contribution in [3.05, 3.63) is 23.0 Å². The summed E-state index contributed by atoms with van der Waals surface area (Å²) in [4.78, 5) is 24.7. The lowest BCUT2D eigenvalue weighted by Crippen LogP contribution is -2.38. The molecule has 1 aromatic heterocycles. The van der Waals surface area contributed by atoms with Crippen molar-refractivity contribution in [1.82, 2.24) is 14.7 Å². The molecule has 0 aliphatic carbocycles. The Morgan fingerprint density at radius 3 is 2.52 bits per heavy atom. The second-order valence-electron chi connectivity index (χ2n) is 5.12. The first-order valence-corrected chi connectivity index (χ1v) is 7.12. The second kappa shape index (κ2) is 7.61. The van der Waals surface area contributed by atoms with Crippen LogP contribution in [-0.2, 0) is 16.6 Å². The Morgan fingerprint density at radius 2 is 2.05 bits per heavy atom. The summed E-state index contributed by atoms with van der Waals surface area (Å²) in [7, 11) is 1.86. The van der Waals surface area contributed by atoms with Gasteiger partial charge < -0.3 is 10.6 Å². The first-order chi connectivity index (χ1) is 9.86. The molecule has 0 aliphatic rings. The Balaban J connectivity index is 2.84. The average Bonchev–Trinajstić information content (AvgIpc) is 2.65. The molecular weight excluding hydrogens is 268 g/mol. The van der Waals surface area contributed by atoms with E-state index in [-0.39, 0.29) is 12.5 Å². The number of hydrogen-bond acceptors (Lipinski definition) is 3. The third kappa shape index (κ3) is 4.73. The van der Waals surface area contributed by atoms with Gasteiger partial charge >= 0.3 is 0 Å². The number of carbonyl (C=O) groups excluding carboxylic acids is 2. The van der Waals surface area contributed by atoms with Crippen LogP contribution in [0.25, 0.3) is 6.08 Å². The topological polar surface area (TPSA) is 81.2 Å². The molecule has 0 fully saturated rings. The first kappa shape index (κ1) is 16.9. The van der Waals surface area contributed by atoms with Gasteiger partial charge in [-0.3, -0.25) is 14.3 Å². The Morgan fingerprint density at radius 1 is 1.38 bits per heavy atom. The van der Waals surface area contributed by atoms with Gasteiger partial charge in [0.1, 0.15) is 0 Å². The molecule has 1 aromatic rings. The summed E-state index contributed by atoms with van der Waals surface area (Å²) in [5.41, 5.74) is 7.98. The Bertz CT molecular complexity index is 546. The van der Waals surface area contributed by atoms with Crippen LogP contribution in [0.3, 0.4) is 0 Å². The van der Waals surface area contributed by atoms with E-state index >= 15 is 0 Å². The lowest BCUT2D eigenvalue weighted by atomic mass is 10.2. The van der Waals surface area contributed by atoms with Crippen LogP contribution in [0.5, 0.6) is 0 Å². The number of aromatic nitrogens is 2. The minimum Gasteiger partial charge on any atom is -0.368 e. The third-order valence-corrected chi connectivity index (χ3v) is 3.40. The summed E-state index contributed by atoms with van der Waals surface area (Å²) in [5.74, 6) is -0.702. The largest absolute Gasteiger partial charge is 0.368 e. The summed E-state index contributed by atoms with van der Waals surface area (Å²) < 4.78 is 1.78.